The molecule has 0 unspecified atom stereocenters. The Kier molecular flexibility index (Phi) is 10.1. The van der Waals surface area contributed by atoms with Gasteiger partial charge in [0, 0.05) is 126 Å². The van der Waals surface area contributed by atoms with Gasteiger partial charge in [-0.2, -0.15) is 5.26 Å². The van der Waals surface area contributed by atoms with E-state index in [9.17, 15) is 5.26 Å². The topological polar surface area (TPSA) is 64.9 Å². The van der Waals surface area contributed by atoms with Crippen LogP contribution in [0.3, 0.4) is 0 Å². The summed E-state index contributed by atoms with van der Waals surface area (Å²) in [6.45, 7) is 0. The van der Waals surface area contributed by atoms with Gasteiger partial charge in [0.1, 0.15) is 34.0 Å². The second-order valence-electron chi connectivity index (χ2n) is 24.8. The minimum absolute atomic E-state index is 0.508. The Morgan fingerprint density at radius 1 is 0.245 bits per heavy atom. The van der Waals surface area contributed by atoms with Gasteiger partial charge >= 0.3 is 0 Å². The van der Waals surface area contributed by atoms with E-state index in [1.54, 1.807) is 0 Å². The van der Waals surface area contributed by atoms with Gasteiger partial charge < -0.3 is 22.5 Å². The number of hydrogen-bond donors (Lipinski definition) is 0. The molecule has 0 aliphatic carbocycles. The molecule has 434 valence electrons. The van der Waals surface area contributed by atoms with Gasteiger partial charge in [-0.05, 0) is 120 Å². The van der Waals surface area contributed by atoms with E-state index >= 15 is 0 Å². The van der Waals surface area contributed by atoms with Gasteiger partial charge in [-0.1, -0.05) is 158 Å². The van der Waals surface area contributed by atoms with E-state index in [4.69, 9.17) is 8.83 Å². The fraction of sp³-hybridized carbons (Fsp3) is 0. The van der Waals surface area contributed by atoms with Gasteiger partial charge in [-0.15, -0.1) is 34.0 Å². The van der Waals surface area contributed by atoms with Crippen molar-refractivity contribution in [1.82, 2.24) is 13.7 Å². The van der Waals surface area contributed by atoms with Crippen LogP contribution in [0, 0.1) is 11.3 Å². The first-order valence-electron chi connectivity index (χ1n) is 31.6. The van der Waals surface area contributed by atoms with Crippen molar-refractivity contribution < 1.29 is 8.83 Å². The maximum Gasteiger partial charge on any atom is 0.136 e. The van der Waals surface area contributed by atoms with Gasteiger partial charge in [0.25, 0.3) is 0 Å². The predicted molar refractivity (Wildman–Crippen MR) is 398 cm³/mol. The molecule has 0 radical (unpaired) electrons. The Bertz CT molecular complexity index is 6880. The zero-order valence-corrected chi connectivity index (χ0v) is 52.2. The Balaban J connectivity index is 1.03. The lowest BCUT2D eigenvalue weighted by Crippen LogP contribution is -2.13. The number of fused-ring (bicyclic) bond motifs is 24. The number of rotatable bonds is 5. The Morgan fingerprint density at radius 3 is 0.947 bits per heavy atom. The standard InChI is InChI=1S/C85H44N4O2S3/c86-45-64-83(87-65-25-9-1-17-48(65)58-39-61-55-22-6-14-30-75(55)92-78(61)42-68(58)87)81(46-33-35-53-51-20-4-12-28-71(51)90-73(53)37-46)85(89-67-27-11-3-19-50(67)60-41-63-57-24-8-16-32-77(57)94-80(63)44-70(60)89)82(47-34-36-54-52-21-5-13-29-72(52)91-74(54)38-47)84(64)88-66-26-10-2-18-49(66)59-40-62-56-23-7-15-31-76(56)93-79(62)43-69(59)88/h1-44H. The molecule has 8 aromatic heterocycles. The van der Waals surface area contributed by atoms with E-state index in [-0.39, 0.29) is 0 Å². The van der Waals surface area contributed by atoms with Crippen molar-refractivity contribution in [1.29, 1.82) is 5.26 Å². The summed E-state index contributed by atoms with van der Waals surface area (Å²) in [5.41, 5.74) is 15.6. The summed E-state index contributed by atoms with van der Waals surface area (Å²) in [7, 11) is 0. The number of aromatic nitrogens is 3. The molecule has 0 spiro atoms. The van der Waals surface area contributed by atoms with Crippen LogP contribution in [0.15, 0.2) is 276 Å². The molecule has 0 amide bonds. The van der Waals surface area contributed by atoms with Crippen molar-refractivity contribution in [2.45, 2.75) is 0 Å². The lowest BCUT2D eigenvalue weighted by molar-refractivity contribution is 0.668. The van der Waals surface area contributed by atoms with Crippen LogP contribution >= 0.6 is 34.0 Å². The van der Waals surface area contributed by atoms with Crippen molar-refractivity contribution in [2.75, 3.05) is 0 Å². The molecule has 0 saturated heterocycles. The number of benzene rings is 14. The Labute approximate surface area is 545 Å². The molecule has 0 saturated carbocycles. The van der Waals surface area contributed by atoms with Crippen LogP contribution in [0.5, 0.6) is 0 Å². The van der Waals surface area contributed by atoms with Gasteiger partial charge in [-0.25, -0.2) is 0 Å². The van der Waals surface area contributed by atoms with Crippen LogP contribution in [0.2, 0.25) is 0 Å². The van der Waals surface area contributed by atoms with Crippen molar-refractivity contribution >= 4 is 204 Å². The van der Waals surface area contributed by atoms with Crippen LogP contribution in [0.1, 0.15) is 5.56 Å². The van der Waals surface area contributed by atoms with Crippen molar-refractivity contribution in [3.05, 3.63) is 272 Å². The van der Waals surface area contributed by atoms with Crippen LogP contribution in [0.25, 0.3) is 209 Å². The van der Waals surface area contributed by atoms with Gasteiger partial charge in [0.2, 0.25) is 0 Å². The number of nitrogens with zero attached hydrogens (tertiary/aromatic N) is 4. The minimum atomic E-state index is 0.508. The molecule has 22 aromatic rings. The highest BCUT2D eigenvalue weighted by atomic mass is 32.1. The first kappa shape index (κ1) is 50.9. The number of hydrogen-bond acceptors (Lipinski definition) is 6. The third kappa shape index (κ3) is 6.80. The lowest BCUT2D eigenvalue weighted by atomic mass is 9.87. The molecule has 0 aliphatic rings. The SMILES string of the molecule is N#Cc1c(-n2c3ccccc3c3cc4c(cc32)sc2ccccc24)c(-c2ccc3c(c2)oc2ccccc23)c(-n2c3ccccc3c3cc4c(cc32)sc2ccccc24)c(-c2ccc3c(c2)oc2ccccc23)c1-n1c2ccccc2c2cc3c(cc21)sc1ccccc13. The quantitative estimate of drug-likeness (QED) is 0.172. The molecule has 0 N–H and O–H groups in total. The van der Waals surface area contributed by atoms with E-state index < -0.39 is 0 Å². The molecule has 0 bridgehead atoms. The fourth-order valence-electron chi connectivity index (χ4n) is 16.1. The van der Waals surface area contributed by atoms with Crippen LogP contribution in [-0.2, 0) is 0 Å². The average Bonchev–Trinajstić information content (AvgIpc) is 1.46. The normalized spacial score (nSPS) is 12.5. The summed E-state index contributed by atoms with van der Waals surface area (Å²) in [5.74, 6) is 0. The summed E-state index contributed by atoms with van der Waals surface area (Å²) >= 11 is 5.45. The molecule has 94 heavy (non-hydrogen) atoms. The van der Waals surface area contributed by atoms with Crippen molar-refractivity contribution in [2.24, 2.45) is 0 Å². The molecular formula is C85H44N4O2S3. The third-order valence-corrected chi connectivity index (χ3v) is 23.5. The highest BCUT2D eigenvalue weighted by Gasteiger charge is 2.35. The maximum atomic E-state index is 13.3. The molecule has 0 fully saturated rings. The molecule has 0 aliphatic heterocycles. The molecule has 8 heterocycles. The van der Waals surface area contributed by atoms with E-state index in [1.807, 2.05) is 46.1 Å². The van der Waals surface area contributed by atoms with Gasteiger partial charge in [-0.3, -0.25) is 0 Å². The summed E-state index contributed by atoms with van der Waals surface area (Å²) in [6.07, 6.45) is 0. The van der Waals surface area contributed by atoms with Gasteiger partial charge in [0.05, 0.1) is 50.2 Å². The highest BCUT2D eigenvalue weighted by Crippen LogP contribution is 2.55. The first-order valence-corrected chi connectivity index (χ1v) is 34.0. The summed E-state index contributed by atoms with van der Waals surface area (Å²) in [4.78, 5) is 0. The largest absolute Gasteiger partial charge is 0.456 e. The molecule has 6 nitrogen and oxygen atoms in total. The fourth-order valence-corrected chi connectivity index (χ4v) is 19.4. The molecule has 22 rings (SSSR count). The van der Waals surface area contributed by atoms with E-state index in [2.05, 4.69) is 275 Å². The smallest absolute Gasteiger partial charge is 0.136 e. The lowest BCUT2D eigenvalue weighted by Gasteiger charge is -2.28. The number of nitriles is 1. The van der Waals surface area contributed by atoms with Crippen molar-refractivity contribution in [3.63, 3.8) is 0 Å². The molecule has 14 aromatic carbocycles. The number of furan rings is 2. The predicted octanol–water partition coefficient (Wildman–Crippen LogP) is 25.1. The maximum absolute atomic E-state index is 13.3. The molecule has 9 heteroatoms. The van der Waals surface area contributed by atoms with E-state index in [1.165, 1.54) is 60.5 Å². The van der Waals surface area contributed by atoms with Crippen LogP contribution in [0.4, 0.5) is 0 Å². The Morgan fingerprint density at radius 2 is 0.564 bits per heavy atom. The zero-order valence-electron chi connectivity index (χ0n) is 49.7. The van der Waals surface area contributed by atoms with Crippen LogP contribution < -0.4 is 0 Å². The minimum Gasteiger partial charge on any atom is -0.456 e. The highest BCUT2D eigenvalue weighted by molar-refractivity contribution is 7.26. The van der Waals surface area contributed by atoms with Crippen LogP contribution in [-0.4, -0.2) is 13.7 Å². The van der Waals surface area contributed by atoms with E-state index in [0.29, 0.717) is 5.56 Å². The first-order chi connectivity index (χ1) is 46.6. The second kappa shape index (κ2) is 18.7. The third-order valence-electron chi connectivity index (χ3n) is 20.1. The van der Waals surface area contributed by atoms with Crippen molar-refractivity contribution in [3.8, 4) is 45.4 Å². The summed E-state index contributed by atoms with van der Waals surface area (Å²) in [6, 6.07) is 101. The summed E-state index contributed by atoms with van der Waals surface area (Å²) in [5, 5.41) is 31.4. The second-order valence-corrected chi connectivity index (χ2v) is 28.1. The summed E-state index contributed by atoms with van der Waals surface area (Å²) < 4.78 is 28.7. The molecular weight excluding hydrogens is 1210 g/mol. The monoisotopic (exact) mass is 1250 g/mol. The average molecular weight is 1250 g/mol. The number of thiophene rings is 3. The van der Waals surface area contributed by atoms with Gasteiger partial charge in [0.15, 0.2) is 0 Å². The zero-order chi connectivity index (χ0) is 61.2. The van der Waals surface area contributed by atoms with E-state index in [0.717, 1.165) is 149 Å². The Hall–Kier alpha value is -11.8. The molecule has 0 atom stereocenters. The number of para-hydroxylation sites is 5.